The third-order valence-electron chi connectivity index (χ3n) is 10.3. The quantitative estimate of drug-likeness (QED) is 0.693. The summed E-state index contributed by atoms with van der Waals surface area (Å²) in [6, 6.07) is 0. The van der Waals surface area contributed by atoms with Gasteiger partial charge in [-0.25, -0.2) is 9.99 Å². The number of rotatable bonds is 3. The minimum atomic E-state index is -0.0843. The third-order valence-corrected chi connectivity index (χ3v) is 11.3. The summed E-state index contributed by atoms with van der Waals surface area (Å²) in [7, 11) is 0. The van der Waals surface area contributed by atoms with Crippen LogP contribution in [0.2, 0.25) is 0 Å². The van der Waals surface area contributed by atoms with Crippen molar-refractivity contribution in [3.63, 3.8) is 0 Å². The number of anilines is 1. The molecular formula is C26H40N4OS. The number of aliphatic hydroxyl groups is 1. The maximum Gasteiger partial charge on any atom is 0.198 e. The molecule has 0 bridgehead atoms. The van der Waals surface area contributed by atoms with Gasteiger partial charge in [-0.3, -0.25) is 5.43 Å². The molecule has 2 saturated carbocycles. The van der Waals surface area contributed by atoms with E-state index < -0.39 is 0 Å². The van der Waals surface area contributed by atoms with Gasteiger partial charge in [0.1, 0.15) is 0 Å². The van der Waals surface area contributed by atoms with E-state index in [0.29, 0.717) is 5.92 Å². The van der Waals surface area contributed by atoms with E-state index in [4.69, 9.17) is 4.98 Å². The molecule has 6 atom stereocenters. The highest BCUT2D eigenvalue weighted by molar-refractivity contribution is 7.16. The van der Waals surface area contributed by atoms with Crippen LogP contribution >= 0.6 is 11.3 Å². The third kappa shape index (κ3) is 3.16. The van der Waals surface area contributed by atoms with E-state index in [-0.39, 0.29) is 16.9 Å². The fraction of sp³-hybridized carbons (Fsp3) is 0.808. The molecule has 1 aromatic rings. The summed E-state index contributed by atoms with van der Waals surface area (Å²) in [6.45, 7) is 12.7. The number of hydrogen-bond donors (Lipinski definition) is 2. The van der Waals surface area contributed by atoms with E-state index in [9.17, 15) is 5.11 Å². The summed E-state index contributed by atoms with van der Waals surface area (Å²) in [5, 5.41) is 14.2. The summed E-state index contributed by atoms with van der Waals surface area (Å²) in [4.78, 5) is 9.04. The largest absolute Gasteiger partial charge is 0.393 e. The van der Waals surface area contributed by atoms with Gasteiger partial charge in [0.2, 0.25) is 0 Å². The Balaban J connectivity index is 1.24. The van der Waals surface area contributed by atoms with Gasteiger partial charge in [0.05, 0.1) is 16.7 Å². The Morgan fingerprint density at radius 3 is 2.72 bits per heavy atom. The van der Waals surface area contributed by atoms with Crippen molar-refractivity contribution in [2.45, 2.75) is 71.8 Å². The Morgan fingerprint density at radius 1 is 1.12 bits per heavy atom. The molecule has 176 valence electrons. The van der Waals surface area contributed by atoms with Gasteiger partial charge in [0, 0.05) is 26.2 Å². The van der Waals surface area contributed by atoms with Gasteiger partial charge in [0.15, 0.2) is 5.13 Å². The Morgan fingerprint density at radius 2 is 1.94 bits per heavy atom. The molecule has 5 nitrogen and oxygen atoms in total. The number of aryl methyl sites for hydroxylation is 1. The average Bonchev–Trinajstić information content (AvgIpc) is 3.34. The number of nitrogens with zero attached hydrogens (tertiary/aromatic N) is 3. The average molecular weight is 457 g/mol. The fourth-order valence-electron chi connectivity index (χ4n) is 8.21. The highest BCUT2D eigenvalue weighted by atomic mass is 32.1. The van der Waals surface area contributed by atoms with Gasteiger partial charge in [0.25, 0.3) is 0 Å². The highest BCUT2D eigenvalue weighted by Crippen LogP contribution is 2.66. The predicted molar refractivity (Wildman–Crippen MR) is 131 cm³/mol. The summed E-state index contributed by atoms with van der Waals surface area (Å²) < 4.78 is 0. The lowest BCUT2D eigenvalue weighted by atomic mass is 9.48. The van der Waals surface area contributed by atoms with E-state index in [2.05, 4.69) is 42.2 Å². The molecule has 2 N–H and O–H groups in total. The maximum atomic E-state index is 10.7. The number of hydrogen-bond acceptors (Lipinski definition) is 6. The lowest BCUT2D eigenvalue weighted by molar-refractivity contribution is -0.0579. The van der Waals surface area contributed by atoms with Crippen molar-refractivity contribution < 1.29 is 5.11 Å². The van der Waals surface area contributed by atoms with Gasteiger partial charge in [-0.05, 0) is 85.6 Å². The monoisotopic (exact) mass is 456 g/mol. The molecule has 0 unspecified atom stereocenters. The zero-order chi connectivity index (χ0) is 22.1. The predicted octanol–water partition coefficient (Wildman–Crippen LogP) is 4.65. The zero-order valence-corrected chi connectivity index (χ0v) is 20.9. The Labute approximate surface area is 197 Å². The molecule has 1 saturated heterocycles. The smallest absolute Gasteiger partial charge is 0.198 e. The van der Waals surface area contributed by atoms with Crippen molar-refractivity contribution in [2.24, 2.45) is 28.6 Å². The van der Waals surface area contributed by atoms with Crippen LogP contribution in [-0.2, 0) is 6.42 Å². The fourth-order valence-corrected chi connectivity index (χ4v) is 9.42. The summed E-state index contributed by atoms with van der Waals surface area (Å²) in [5.41, 5.74) is 7.01. The van der Waals surface area contributed by atoms with Crippen molar-refractivity contribution in [3.05, 3.63) is 16.6 Å². The van der Waals surface area contributed by atoms with Crippen LogP contribution < -0.4 is 5.43 Å². The van der Waals surface area contributed by atoms with E-state index in [1.807, 2.05) is 11.3 Å². The summed E-state index contributed by atoms with van der Waals surface area (Å²) in [5.74, 6) is 2.22. The molecule has 5 aliphatic rings. The van der Waals surface area contributed by atoms with Gasteiger partial charge in [-0.2, -0.15) is 0 Å². The van der Waals surface area contributed by atoms with Gasteiger partial charge >= 0.3 is 0 Å². The standard InChI is InChI=1S/C26H40N4OS/c1-4-29-13-15-30(16-14-29)28-24-27-21-10-12-25(2)19-9-11-26(3)18(7-8-22(26)31)17(19)5-6-20(25)23(21)32-24/h6,17-19,22,31H,4-5,7-16H2,1-3H3,(H,27,28)/t17-,18-,19-,22-,25+,26-/m0/s1. The van der Waals surface area contributed by atoms with Crippen LogP contribution in [0.4, 0.5) is 5.13 Å². The van der Waals surface area contributed by atoms with Crippen LogP contribution in [0.5, 0.6) is 0 Å². The van der Waals surface area contributed by atoms with Crippen molar-refractivity contribution in [1.82, 2.24) is 14.9 Å². The molecule has 2 heterocycles. The van der Waals surface area contributed by atoms with Crippen LogP contribution in [0.25, 0.3) is 5.57 Å². The summed E-state index contributed by atoms with van der Waals surface area (Å²) >= 11 is 1.89. The molecule has 0 amide bonds. The number of thiazole rings is 1. The van der Waals surface area contributed by atoms with E-state index in [1.54, 1.807) is 5.57 Å². The second-order valence-electron chi connectivity index (χ2n) is 11.6. The first kappa shape index (κ1) is 21.6. The van der Waals surface area contributed by atoms with Crippen LogP contribution in [0.3, 0.4) is 0 Å². The topological polar surface area (TPSA) is 51.6 Å². The van der Waals surface area contributed by atoms with Crippen LogP contribution in [-0.4, -0.2) is 58.8 Å². The van der Waals surface area contributed by atoms with Crippen LogP contribution in [0.15, 0.2) is 6.08 Å². The molecule has 32 heavy (non-hydrogen) atoms. The van der Waals surface area contributed by atoms with Crippen LogP contribution in [0, 0.1) is 28.6 Å². The maximum absolute atomic E-state index is 10.7. The molecule has 0 radical (unpaired) electrons. The molecule has 1 aliphatic heterocycles. The minimum Gasteiger partial charge on any atom is -0.393 e. The molecule has 6 rings (SSSR count). The highest BCUT2D eigenvalue weighted by Gasteiger charge is 2.58. The lowest BCUT2D eigenvalue weighted by Gasteiger charge is -2.56. The number of likely N-dealkylation sites (N-methyl/N-ethyl adjacent to an activating group) is 1. The molecule has 4 aliphatic carbocycles. The van der Waals surface area contributed by atoms with E-state index >= 15 is 0 Å². The second-order valence-corrected chi connectivity index (χ2v) is 12.6. The molecular weight excluding hydrogens is 416 g/mol. The number of hydrazine groups is 1. The van der Waals surface area contributed by atoms with E-state index in [0.717, 1.165) is 62.5 Å². The molecule has 0 aromatic carbocycles. The summed E-state index contributed by atoms with van der Waals surface area (Å²) in [6.07, 6.45) is 10.8. The van der Waals surface area contributed by atoms with Gasteiger partial charge in [-0.1, -0.05) is 38.2 Å². The van der Waals surface area contributed by atoms with Crippen molar-refractivity contribution in [3.8, 4) is 0 Å². The minimum absolute atomic E-state index is 0.0843. The normalized spacial score (nSPS) is 41.9. The van der Waals surface area contributed by atoms with Gasteiger partial charge < -0.3 is 10.0 Å². The number of allylic oxidation sites excluding steroid dienone is 2. The first-order valence-electron chi connectivity index (χ1n) is 13.0. The number of aromatic nitrogens is 1. The van der Waals surface area contributed by atoms with Crippen molar-refractivity contribution >= 4 is 22.0 Å². The number of fused-ring (bicyclic) bond motifs is 7. The first-order chi connectivity index (χ1) is 15.4. The Bertz CT molecular complexity index is 906. The molecule has 3 fully saturated rings. The SMILES string of the molecule is CCN1CCN(Nc2nc3c(s2)C2=CC[C@H]4[C@@H]5CC[C@H](O)[C@@]5(C)CC[C@@H]4[C@@]2(C)CC3)CC1. The first-order valence-corrected chi connectivity index (χ1v) is 13.9. The van der Waals surface area contributed by atoms with Crippen molar-refractivity contribution in [1.29, 1.82) is 0 Å². The molecule has 6 heteroatoms. The van der Waals surface area contributed by atoms with Crippen LogP contribution in [0.1, 0.15) is 69.9 Å². The van der Waals surface area contributed by atoms with Crippen molar-refractivity contribution in [2.75, 3.05) is 38.1 Å². The molecule has 0 spiro atoms. The number of nitrogens with one attached hydrogen (secondary N) is 1. The Hall–Kier alpha value is -0.950. The van der Waals surface area contributed by atoms with Gasteiger partial charge in [-0.15, -0.1) is 0 Å². The molecule has 1 aromatic heterocycles. The second kappa shape index (κ2) is 7.79. The zero-order valence-electron chi connectivity index (χ0n) is 20.1. The Kier molecular flexibility index (Phi) is 5.25. The number of piperazine rings is 1. The number of aliphatic hydroxyl groups excluding tert-OH is 1. The van der Waals surface area contributed by atoms with E-state index in [1.165, 1.54) is 42.7 Å². The lowest BCUT2D eigenvalue weighted by Crippen LogP contribution is -2.50.